The van der Waals surface area contributed by atoms with Gasteiger partial charge in [0.15, 0.2) is 0 Å². The van der Waals surface area contributed by atoms with Gasteiger partial charge in [0.2, 0.25) is 0 Å². The topological polar surface area (TPSA) is 60.1 Å². The van der Waals surface area contributed by atoms with E-state index >= 15 is 0 Å². The molecule has 0 aliphatic carbocycles. The molecule has 7 heteroatoms. The number of rotatable bonds is 7. The van der Waals surface area contributed by atoms with E-state index in [4.69, 9.17) is 4.74 Å². The van der Waals surface area contributed by atoms with Gasteiger partial charge in [0.05, 0.1) is 18.8 Å². The Morgan fingerprint density at radius 3 is 2.37 bits per heavy atom. The van der Waals surface area contributed by atoms with Gasteiger partial charge in [-0.2, -0.15) is 0 Å². The number of amides is 2. The lowest BCUT2D eigenvalue weighted by Gasteiger charge is -2.38. The molecular formula is C23H33N5O2. The average molecular weight is 412 g/mol. The highest BCUT2D eigenvalue weighted by molar-refractivity contribution is 5.90. The highest BCUT2D eigenvalue weighted by Gasteiger charge is 2.24. The molecule has 0 aromatic heterocycles. The summed E-state index contributed by atoms with van der Waals surface area (Å²) in [6, 6.07) is 15.9. The first-order chi connectivity index (χ1) is 14.5. The normalized spacial score (nSPS) is 16.0. The van der Waals surface area contributed by atoms with E-state index in [1.165, 1.54) is 5.56 Å². The van der Waals surface area contributed by atoms with Crippen molar-refractivity contribution >= 4 is 17.4 Å². The van der Waals surface area contributed by atoms with Crippen LogP contribution in [-0.2, 0) is 0 Å². The first-order valence-electron chi connectivity index (χ1n) is 10.4. The molecule has 30 heavy (non-hydrogen) atoms. The first kappa shape index (κ1) is 21.9. The molecule has 2 amide bonds. The minimum atomic E-state index is -0.233. The average Bonchev–Trinajstić information content (AvgIpc) is 2.76. The number of ether oxygens (including phenoxy) is 1. The molecule has 0 radical (unpaired) electrons. The third kappa shape index (κ3) is 5.64. The molecule has 2 aromatic rings. The van der Waals surface area contributed by atoms with Gasteiger partial charge in [0.25, 0.3) is 0 Å². The molecule has 3 rings (SSSR count). The Labute approximate surface area is 179 Å². The Morgan fingerprint density at radius 1 is 1.07 bits per heavy atom. The summed E-state index contributed by atoms with van der Waals surface area (Å²) in [4.78, 5) is 19.5. The predicted octanol–water partition coefficient (Wildman–Crippen LogP) is 2.87. The smallest absolute Gasteiger partial charge is 0.319 e. The molecule has 1 saturated heterocycles. The molecule has 0 bridgehead atoms. The summed E-state index contributed by atoms with van der Waals surface area (Å²) in [6.45, 7) is 4.55. The summed E-state index contributed by atoms with van der Waals surface area (Å²) < 4.78 is 5.32. The number of carbonyl (C=O) groups is 1. The molecule has 0 spiro atoms. The van der Waals surface area contributed by atoms with E-state index in [1.54, 1.807) is 7.11 Å². The second-order valence-corrected chi connectivity index (χ2v) is 7.88. The van der Waals surface area contributed by atoms with Crippen LogP contribution >= 0.6 is 0 Å². The molecule has 1 atom stereocenters. The van der Waals surface area contributed by atoms with Gasteiger partial charge in [0, 0.05) is 52.5 Å². The summed E-state index contributed by atoms with van der Waals surface area (Å²) in [7, 11) is 7.82. The molecule has 2 N–H and O–H groups in total. The molecule has 0 unspecified atom stereocenters. The Kier molecular flexibility index (Phi) is 7.54. The Morgan fingerprint density at radius 2 is 1.73 bits per heavy atom. The fourth-order valence-electron chi connectivity index (χ4n) is 3.69. The number of nitrogens with zero attached hydrogens (tertiary/aromatic N) is 3. The maximum absolute atomic E-state index is 12.6. The van der Waals surface area contributed by atoms with E-state index < -0.39 is 0 Å². The molecule has 2 aromatic carbocycles. The van der Waals surface area contributed by atoms with Crippen LogP contribution in [0.3, 0.4) is 0 Å². The van der Waals surface area contributed by atoms with Gasteiger partial charge in [-0.15, -0.1) is 0 Å². The number of hydrogen-bond donors (Lipinski definition) is 2. The molecule has 0 saturated carbocycles. The van der Waals surface area contributed by atoms with Gasteiger partial charge >= 0.3 is 6.03 Å². The number of nitrogens with one attached hydrogen (secondary N) is 2. The second kappa shape index (κ2) is 10.3. The van der Waals surface area contributed by atoms with Crippen LogP contribution in [0.15, 0.2) is 48.5 Å². The third-order valence-corrected chi connectivity index (χ3v) is 5.58. The maximum Gasteiger partial charge on any atom is 0.319 e. The van der Waals surface area contributed by atoms with Crippen LogP contribution < -0.4 is 20.3 Å². The minimum Gasteiger partial charge on any atom is -0.495 e. The Hall–Kier alpha value is -2.77. The van der Waals surface area contributed by atoms with Crippen LogP contribution in [0.4, 0.5) is 16.2 Å². The fraction of sp³-hybridized carbons (Fsp3) is 0.435. The van der Waals surface area contributed by atoms with E-state index in [0.29, 0.717) is 18.0 Å². The monoisotopic (exact) mass is 411 g/mol. The third-order valence-electron chi connectivity index (χ3n) is 5.58. The van der Waals surface area contributed by atoms with Crippen LogP contribution in [0.2, 0.25) is 0 Å². The van der Waals surface area contributed by atoms with Crippen molar-refractivity contribution in [3.63, 3.8) is 0 Å². The van der Waals surface area contributed by atoms with Gasteiger partial charge in [-0.25, -0.2) is 4.79 Å². The summed E-state index contributed by atoms with van der Waals surface area (Å²) in [5.41, 5.74) is 3.03. The van der Waals surface area contributed by atoms with Gasteiger partial charge in [-0.1, -0.05) is 24.3 Å². The standard InChI is InChI=1S/C23H33N5O2/c1-26(2)19-11-9-18(10-12-19)21(28-15-13-27(3)14-16-28)17-24-23(29)25-20-7-5-6-8-22(20)30-4/h5-12,21H,13-17H2,1-4H3,(H2,24,25,29)/t21-/m0/s1. The van der Waals surface area contributed by atoms with Gasteiger partial charge in [-0.3, -0.25) is 4.90 Å². The van der Waals surface area contributed by atoms with Crippen molar-refractivity contribution in [2.45, 2.75) is 6.04 Å². The van der Waals surface area contributed by atoms with Crippen LogP contribution in [0, 0.1) is 0 Å². The molecule has 1 heterocycles. The number of anilines is 2. The van der Waals surface area contributed by atoms with Crippen molar-refractivity contribution in [1.29, 1.82) is 0 Å². The van der Waals surface area contributed by atoms with Crippen LogP contribution in [0.25, 0.3) is 0 Å². The van der Waals surface area contributed by atoms with Gasteiger partial charge < -0.3 is 25.2 Å². The number of urea groups is 1. The molecule has 7 nitrogen and oxygen atoms in total. The summed E-state index contributed by atoms with van der Waals surface area (Å²) in [5, 5.41) is 5.95. The van der Waals surface area contributed by atoms with Crippen LogP contribution in [0.1, 0.15) is 11.6 Å². The second-order valence-electron chi connectivity index (χ2n) is 7.88. The molecule has 1 aliphatic heterocycles. The van der Waals surface area contributed by atoms with Crippen molar-refractivity contribution in [3.05, 3.63) is 54.1 Å². The lowest BCUT2D eigenvalue weighted by molar-refractivity contribution is 0.111. The van der Waals surface area contributed by atoms with E-state index in [-0.39, 0.29) is 12.1 Å². The Balaban J connectivity index is 1.69. The zero-order valence-electron chi connectivity index (χ0n) is 18.4. The predicted molar refractivity (Wildman–Crippen MR) is 123 cm³/mol. The molecular weight excluding hydrogens is 378 g/mol. The fourth-order valence-corrected chi connectivity index (χ4v) is 3.69. The van der Waals surface area contributed by atoms with E-state index in [2.05, 4.69) is 56.6 Å². The number of methoxy groups -OCH3 is 1. The maximum atomic E-state index is 12.6. The summed E-state index contributed by atoms with van der Waals surface area (Å²) in [5.74, 6) is 0.641. The van der Waals surface area contributed by atoms with Crippen molar-refractivity contribution in [3.8, 4) is 5.75 Å². The number of likely N-dealkylation sites (N-methyl/N-ethyl adjacent to an activating group) is 1. The van der Waals surface area contributed by atoms with Gasteiger partial charge in [0.1, 0.15) is 5.75 Å². The summed E-state index contributed by atoms with van der Waals surface area (Å²) >= 11 is 0. The quantitative estimate of drug-likeness (QED) is 0.734. The largest absolute Gasteiger partial charge is 0.495 e. The van der Waals surface area contributed by atoms with E-state index in [0.717, 1.165) is 31.9 Å². The first-order valence-corrected chi connectivity index (χ1v) is 10.4. The number of benzene rings is 2. The zero-order chi connectivity index (χ0) is 21.5. The number of para-hydroxylation sites is 2. The van der Waals surface area contributed by atoms with Crippen molar-refractivity contribution in [2.75, 3.05) is 71.2 Å². The van der Waals surface area contributed by atoms with Crippen molar-refractivity contribution in [2.24, 2.45) is 0 Å². The minimum absolute atomic E-state index is 0.123. The van der Waals surface area contributed by atoms with E-state index in [1.807, 2.05) is 38.4 Å². The molecule has 162 valence electrons. The zero-order valence-corrected chi connectivity index (χ0v) is 18.4. The number of hydrogen-bond acceptors (Lipinski definition) is 5. The van der Waals surface area contributed by atoms with E-state index in [9.17, 15) is 4.79 Å². The molecule has 1 aliphatic rings. The SMILES string of the molecule is COc1ccccc1NC(=O)NC[C@@H](c1ccc(N(C)C)cc1)N1CCN(C)CC1. The van der Waals surface area contributed by atoms with Crippen molar-refractivity contribution < 1.29 is 9.53 Å². The highest BCUT2D eigenvalue weighted by atomic mass is 16.5. The number of piperazine rings is 1. The van der Waals surface area contributed by atoms with Gasteiger partial charge in [-0.05, 0) is 36.9 Å². The number of carbonyl (C=O) groups excluding carboxylic acids is 1. The highest BCUT2D eigenvalue weighted by Crippen LogP contribution is 2.25. The van der Waals surface area contributed by atoms with Crippen LogP contribution in [-0.4, -0.2) is 76.8 Å². The van der Waals surface area contributed by atoms with Crippen molar-refractivity contribution in [1.82, 2.24) is 15.1 Å². The lowest BCUT2D eigenvalue weighted by atomic mass is 10.0. The van der Waals surface area contributed by atoms with Crippen LogP contribution in [0.5, 0.6) is 5.75 Å². The summed E-state index contributed by atoms with van der Waals surface area (Å²) in [6.07, 6.45) is 0. The Bertz CT molecular complexity index is 817. The molecule has 1 fully saturated rings. The lowest BCUT2D eigenvalue weighted by Crippen LogP contribution is -2.48.